The van der Waals surface area contributed by atoms with Gasteiger partial charge in [0.15, 0.2) is 0 Å². The van der Waals surface area contributed by atoms with Gasteiger partial charge in [-0.25, -0.2) is 0 Å². The van der Waals surface area contributed by atoms with Gasteiger partial charge in [0.25, 0.3) is 0 Å². The van der Waals surface area contributed by atoms with E-state index in [-0.39, 0.29) is 0 Å². The normalized spacial score (nSPS) is 12.2. The molecule has 0 spiro atoms. The average molecular weight is 154 g/mol. The summed E-state index contributed by atoms with van der Waals surface area (Å²) in [5.74, 6) is 0.749. The second kappa shape index (κ2) is 5.36. The minimum atomic E-state index is 0.749. The van der Waals surface area contributed by atoms with Crippen LogP contribution in [0.1, 0.15) is 13.3 Å². The van der Waals surface area contributed by atoms with Gasteiger partial charge < -0.3 is 0 Å². The predicted molar refractivity (Wildman–Crippen MR) is 51.6 cm³/mol. The van der Waals surface area contributed by atoms with E-state index in [1.165, 1.54) is 11.1 Å². The number of allylic oxidation sites excluding steroid dienone is 3. The summed E-state index contributed by atoms with van der Waals surface area (Å²) in [7, 11) is 0. The van der Waals surface area contributed by atoms with Crippen LogP contribution in [0.15, 0.2) is 36.5 Å². The van der Waals surface area contributed by atoms with E-state index in [0.29, 0.717) is 0 Å². The van der Waals surface area contributed by atoms with Crippen molar-refractivity contribution in [2.75, 3.05) is 5.75 Å². The third-order valence-electron chi connectivity index (χ3n) is 1.46. The highest BCUT2D eigenvalue weighted by Gasteiger charge is 1.93. The fraction of sp³-hybridized carbons (Fsp3) is 0.333. The van der Waals surface area contributed by atoms with E-state index < -0.39 is 0 Å². The number of hydrogen-bond donors (Lipinski definition) is 1. The molecule has 0 bridgehead atoms. The van der Waals surface area contributed by atoms with Gasteiger partial charge in [-0.2, -0.15) is 12.6 Å². The molecule has 0 amide bonds. The molecule has 0 aromatic heterocycles. The van der Waals surface area contributed by atoms with Crippen LogP contribution < -0.4 is 0 Å². The van der Waals surface area contributed by atoms with E-state index in [2.05, 4.69) is 32.7 Å². The quantitative estimate of drug-likeness (QED) is 0.467. The molecule has 0 radical (unpaired) electrons. The molecule has 0 fully saturated rings. The van der Waals surface area contributed by atoms with Crippen molar-refractivity contribution in [1.29, 1.82) is 0 Å². The molecule has 0 N–H and O–H groups in total. The summed E-state index contributed by atoms with van der Waals surface area (Å²) < 4.78 is 0. The third-order valence-corrected chi connectivity index (χ3v) is 1.80. The lowest BCUT2D eigenvalue weighted by Gasteiger charge is -2.01. The summed E-state index contributed by atoms with van der Waals surface area (Å²) in [6.07, 6.45) is 4.71. The largest absolute Gasteiger partial charge is 0.175 e. The maximum Gasteiger partial charge on any atom is 0.0156 e. The topological polar surface area (TPSA) is 0 Å². The first-order valence-corrected chi connectivity index (χ1v) is 4.01. The molecule has 0 heterocycles. The van der Waals surface area contributed by atoms with Crippen molar-refractivity contribution in [3.63, 3.8) is 0 Å². The van der Waals surface area contributed by atoms with Crippen molar-refractivity contribution in [3.05, 3.63) is 36.5 Å². The summed E-state index contributed by atoms with van der Waals surface area (Å²) >= 11 is 4.17. The first-order chi connectivity index (χ1) is 4.79. The van der Waals surface area contributed by atoms with E-state index in [1.54, 1.807) is 0 Å². The van der Waals surface area contributed by atoms with Crippen molar-refractivity contribution in [2.24, 2.45) is 0 Å². The van der Waals surface area contributed by atoms with Crippen LogP contribution in [0.4, 0.5) is 0 Å². The molecule has 0 aliphatic carbocycles. The number of rotatable bonds is 4. The van der Waals surface area contributed by atoms with Gasteiger partial charge in [-0.15, -0.1) is 0 Å². The van der Waals surface area contributed by atoms with Gasteiger partial charge in [0.05, 0.1) is 0 Å². The maximum atomic E-state index is 4.17. The lowest BCUT2D eigenvalue weighted by Crippen LogP contribution is -1.85. The summed E-state index contributed by atoms with van der Waals surface area (Å²) in [6, 6.07) is 0. The van der Waals surface area contributed by atoms with Crippen LogP contribution in [0.2, 0.25) is 0 Å². The molecular weight excluding hydrogens is 140 g/mol. The van der Waals surface area contributed by atoms with Crippen LogP contribution in [0, 0.1) is 0 Å². The van der Waals surface area contributed by atoms with Crippen LogP contribution >= 0.6 is 12.6 Å². The van der Waals surface area contributed by atoms with Crippen molar-refractivity contribution in [2.45, 2.75) is 13.3 Å². The zero-order valence-corrected chi connectivity index (χ0v) is 7.32. The molecule has 0 aliphatic rings. The molecule has 0 aromatic carbocycles. The molecule has 0 unspecified atom stereocenters. The minimum absolute atomic E-state index is 0.749. The van der Waals surface area contributed by atoms with E-state index in [4.69, 9.17) is 0 Å². The average Bonchev–Trinajstić information content (AvgIpc) is 2.00. The molecule has 0 aromatic rings. The molecule has 10 heavy (non-hydrogen) atoms. The van der Waals surface area contributed by atoms with Crippen LogP contribution in [0.3, 0.4) is 0 Å². The third kappa shape index (κ3) is 2.44. The van der Waals surface area contributed by atoms with Crippen LogP contribution in [0.25, 0.3) is 0 Å². The molecule has 0 nitrogen and oxygen atoms in total. The van der Waals surface area contributed by atoms with E-state index in [0.717, 1.165) is 12.2 Å². The molecule has 1 heteroatoms. The van der Waals surface area contributed by atoms with Crippen molar-refractivity contribution in [1.82, 2.24) is 0 Å². The van der Waals surface area contributed by atoms with Gasteiger partial charge in [-0.1, -0.05) is 32.2 Å². The standard InChI is InChI=1S/C9H14S/c1-4-8(5-2)9(6-3)7-10/h4,6,10H,1,3,5,7H2,2H3/b9-8-. The zero-order valence-electron chi connectivity index (χ0n) is 6.43. The molecule has 0 saturated carbocycles. The summed E-state index contributed by atoms with van der Waals surface area (Å²) in [5.41, 5.74) is 2.42. The van der Waals surface area contributed by atoms with E-state index >= 15 is 0 Å². The van der Waals surface area contributed by atoms with E-state index in [1.807, 2.05) is 12.2 Å². The summed E-state index contributed by atoms with van der Waals surface area (Å²) in [4.78, 5) is 0. The SMILES string of the molecule is C=C/C(CC)=C(\C=C)CS. The lowest BCUT2D eigenvalue weighted by atomic mass is 10.1. The van der Waals surface area contributed by atoms with Gasteiger partial charge in [0, 0.05) is 5.75 Å². The smallest absolute Gasteiger partial charge is 0.0156 e. The lowest BCUT2D eigenvalue weighted by molar-refractivity contribution is 1.13. The van der Waals surface area contributed by atoms with Crippen LogP contribution in [-0.4, -0.2) is 5.75 Å². The highest BCUT2D eigenvalue weighted by atomic mass is 32.1. The number of hydrogen-bond acceptors (Lipinski definition) is 1. The second-order valence-electron chi connectivity index (χ2n) is 1.97. The molecular formula is C9H14S. The first-order valence-electron chi connectivity index (χ1n) is 3.37. The molecule has 0 rings (SSSR count). The summed E-state index contributed by atoms with van der Waals surface area (Å²) in [6.45, 7) is 9.50. The molecule has 0 saturated heterocycles. The first kappa shape index (κ1) is 9.57. The monoisotopic (exact) mass is 154 g/mol. The Labute approximate surface area is 68.7 Å². The Morgan fingerprint density at radius 2 is 1.80 bits per heavy atom. The Hall–Kier alpha value is -0.430. The van der Waals surface area contributed by atoms with Gasteiger partial charge >= 0.3 is 0 Å². The van der Waals surface area contributed by atoms with Crippen molar-refractivity contribution in [3.8, 4) is 0 Å². The Balaban J connectivity index is 4.50. The fourth-order valence-corrected chi connectivity index (χ4v) is 1.13. The molecule has 56 valence electrons. The van der Waals surface area contributed by atoms with Crippen LogP contribution in [0.5, 0.6) is 0 Å². The van der Waals surface area contributed by atoms with Crippen molar-refractivity contribution < 1.29 is 0 Å². The van der Waals surface area contributed by atoms with Gasteiger partial charge in [0.1, 0.15) is 0 Å². The minimum Gasteiger partial charge on any atom is -0.175 e. The van der Waals surface area contributed by atoms with Gasteiger partial charge in [-0.05, 0) is 17.6 Å². The Morgan fingerprint density at radius 3 is 1.90 bits per heavy atom. The zero-order chi connectivity index (χ0) is 7.98. The maximum absolute atomic E-state index is 4.17. The Morgan fingerprint density at radius 1 is 1.30 bits per heavy atom. The Bertz CT molecular complexity index is 136. The highest BCUT2D eigenvalue weighted by Crippen LogP contribution is 2.11. The highest BCUT2D eigenvalue weighted by molar-refractivity contribution is 7.80. The van der Waals surface area contributed by atoms with Gasteiger partial charge in [0.2, 0.25) is 0 Å². The van der Waals surface area contributed by atoms with E-state index in [9.17, 15) is 0 Å². The number of thiol groups is 1. The second-order valence-corrected chi connectivity index (χ2v) is 2.29. The Kier molecular flexibility index (Phi) is 5.13. The fourth-order valence-electron chi connectivity index (χ4n) is 0.800. The predicted octanol–water partition coefficient (Wildman–Crippen LogP) is 2.99. The van der Waals surface area contributed by atoms with Gasteiger partial charge in [-0.3, -0.25) is 0 Å². The van der Waals surface area contributed by atoms with Crippen LogP contribution in [-0.2, 0) is 0 Å². The molecule has 0 aliphatic heterocycles. The molecule has 0 atom stereocenters. The van der Waals surface area contributed by atoms with Crippen molar-refractivity contribution >= 4 is 12.6 Å². The summed E-state index contributed by atoms with van der Waals surface area (Å²) in [5, 5.41) is 0.